The summed E-state index contributed by atoms with van der Waals surface area (Å²) in [5.74, 6) is -3.07. The van der Waals surface area contributed by atoms with Crippen molar-refractivity contribution in [3.05, 3.63) is 29.6 Å². The van der Waals surface area contributed by atoms with Gasteiger partial charge in [0.05, 0.1) is 12.0 Å². The number of primary amides is 1. The van der Waals surface area contributed by atoms with Crippen LogP contribution >= 0.6 is 0 Å². The maximum absolute atomic E-state index is 13.1. The number of carbonyl (C=O) groups is 3. The zero-order valence-corrected chi connectivity index (χ0v) is 10.6. The molecule has 0 aromatic heterocycles. The number of hydrogen-bond donors (Lipinski definition) is 4. The first kappa shape index (κ1) is 15.9. The Hall–Kier alpha value is -3.15. The van der Waals surface area contributed by atoms with Gasteiger partial charge in [-0.25, -0.2) is 14.0 Å². The van der Waals surface area contributed by atoms with Crippen LogP contribution in [0.3, 0.4) is 0 Å². The van der Waals surface area contributed by atoms with E-state index in [0.29, 0.717) is 0 Å². The van der Waals surface area contributed by atoms with Gasteiger partial charge in [0.25, 0.3) is 0 Å². The van der Waals surface area contributed by atoms with Crippen LogP contribution in [0.5, 0.6) is 0 Å². The predicted octanol–water partition coefficient (Wildman–Crippen LogP) is 0.147. The smallest absolute Gasteiger partial charge is 0.326 e. The molecule has 1 rings (SSSR count). The molecule has 0 saturated heterocycles. The second-order valence-corrected chi connectivity index (χ2v) is 3.97. The number of anilines is 1. The second-order valence-electron chi connectivity index (χ2n) is 3.97. The summed E-state index contributed by atoms with van der Waals surface area (Å²) in [7, 11) is 0. The largest absolute Gasteiger partial charge is 0.480 e. The molecule has 0 radical (unpaired) electrons. The minimum Gasteiger partial charge on any atom is -0.480 e. The van der Waals surface area contributed by atoms with Gasteiger partial charge < -0.3 is 21.5 Å². The molecule has 9 heteroatoms. The highest BCUT2D eigenvalue weighted by Gasteiger charge is 2.22. The van der Waals surface area contributed by atoms with Crippen LogP contribution < -0.4 is 16.4 Å². The van der Waals surface area contributed by atoms with E-state index in [1.165, 1.54) is 6.07 Å². The number of urea groups is 1. The number of rotatable bonds is 5. The monoisotopic (exact) mass is 294 g/mol. The van der Waals surface area contributed by atoms with Gasteiger partial charge in [-0.3, -0.25) is 4.79 Å². The number of nitrogens with zero attached hydrogens (tertiary/aromatic N) is 1. The summed E-state index contributed by atoms with van der Waals surface area (Å²) in [6.45, 7) is 0. The first-order valence-electron chi connectivity index (χ1n) is 5.61. The van der Waals surface area contributed by atoms with Gasteiger partial charge in [0.15, 0.2) is 0 Å². The molecule has 110 valence electrons. The van der Waals surface area contributed by atoms with Crippen LogP contribution in [0.15, 0.2) is 18.2 Å². The van der Waals surface area contributed by atoms with Crippen LogP contribution in [0.4, 0.5) is 14.9 Å². The fraction of sp³-hybridized carbons (Fsp3) is 0.167. The van der Waals surface area contributed by atoms with Gasteiger partial charge in [-0.1, -0.05) is 0 Å². The van der Waals surface area contributed by atoms with Crippen molar-refractivity contribution in [3.63, 3.8) is 0 Å². The Morgan fingerprint density at radius 2 is 2.10 bits per heavy atom. The van der Waals surface area contributed by atoms with Gasteiger partial charge in [-0.2, -0.15) is 5.26 Å². The zero-order chi connectivity index (χ0) is 16.0. The van der Waals surface area contributed by atoms with Crippen LogP contribution in [-0.4, -0.2) is 29.1 Å². The molecule has 0 fully saturated rings. The SMILES string of the molecule is N#Cc1cc(NC(=O)N[C@@H](CC(N)=O)C(=O)O)ccc1F. The van der Waals surface area contributed by atoms with Gasteiger partial charge in [-0.15, -0.1) is 0 Å². The Balaban J connectivity index is 2.74. The van der Waals surface area contributed by atoms with Crippen molar-refractivity contribution in [2.45, 2.75) is 12.5 Å². The van der Waals surface area contributed by atoms with E-state index in [2.05, 4.69) is 5.32 Å². The number of halogens is 1. The molecule has 0 saturated carbocycles. The summed E-state index contributed by atoms with van der Waals surface area (Å²) in [5, 5.41) is 21.7. The third-order valence-corrected chi connectivity index (χ3v) is 2.35. The normalized spacial score (nSPS) is 11.0. The van der Waals surface area contributed by atoms with E-state index in [0.717, 1.165) is 12.1 Å². The minimum atomic E-state index is -1.49. The molecule has 0 unspecified atom stereocenters. The Bertz CT molecular complexity index is 626. The Morgan fingerprint density at radius 1 is 1.43 bits per heavy atom. The van der Waals surface area contributed by atoms with E-state index in [1.54, 1.807) is 6.07 Å². The number of hydrogen-bond acceptors (Lipinski definition) is 4. The molecule has 0 aliphatic carbocycles. The van der Waals surface area contributed by atoms with Crippen LogP contribution in [0.2, 0.25) is 0 Å². The second kappa shape index (κ2) is 6.85. The van der Waals surface area contributed by atoms with E-state index >= 15 is 0 Å². The molecule has 0 spiro atoms. The van der Waals surface area contributed by atoms with E-state index in [1.807, 2.05) is 5.32 Å². The standard InChI is InChI=1S/C12H11FN4O4/c13-8-2-1-7(3-6(8)5-14)16-12(21)17-9(11(19)20)4-10(15)18/h1-3,9H,4H2,(H2,15,18)(H,19,20)(H2,16,17,21)/t9-/m0/s1. The molecule has 0 bridgehead atoms. The van der Waals surface area contributed by atoms with Crippen molar-refractivity contribution < 1.29 is 23.9 Å². The summed E-state index contributed by atoms with van der Waals surface area (Å²) < 4.78 is 13.1. The zero-order valence-electron chi connectivity index (χ0n) is 10.6. The quantitative estimate of drug-likeness (QED) is 0.610. The fourth-order valence-corrected chi connectivity index (χ4v) is 1.42. The Kier molecular flexibility index (Phi) is 5.19. The maximum atomic E-state index is 13.1. The molecule has 0 aliphatic rings. The van der Waals surface area contributed by atoms with Gasteiger partial charge in [-0.05, 0) is 18.2 Å². The number of amides is 3. The molecule has 5 N–H and O–H groups in total. The van der Waals surface area contributed by atoms with Gasteiger partial charge in [0, 0.05) is 5.69 Å². The van der Waals surface area contributed by atoms with Crippen LogP contribution in [0.25, 0.3) is 0 Å². The third-order valence-electron chi connectivity index (χ3n) is 2.35. The minimum absolute atomic E-state index is 0.0914. The summed E-state index contributed by atoms with van der Waals surface area (Å²) in [4.78, 5) is 33.1. The fourth-order valence-electron chi connectivity index (χ4n) is 1.42. The van der Waals surface area contributed by atoms with Crippen molar-refractivity contribution in [1.29, 1.82) is 5.26 Å². The topological polar surface area (TPSA) is 145 Å². The number of nitriles is 1. The van der Waals surface area contributed by atoms with Crippen LogP contribution in [-0.2, 0) is 9.59 Å². The first-order chi connectivity index (χ1) is 9.83. The van der Waals surface area contributed by atoms with E-state index in [4.69, 9.17) is 16.1 Å². The van der Waals surface area contributed by atoms with Crippen molar-refractivity contribution in [2.24, 2.45) is 5.73 Å². The molecule has 0 aliphatic heterocycles. The molecule has 0 heterocycles. The highest BCUT2D eigenvalue weighted by Crippen LogP contribution is 2.13. The van der Waals surface area contributed by atoms with Crippen molar-refractivity contribution in [2.75, 3.05) is 5.32 Å². The average Bonchev–Trinajstić information content (AvgIpc) is 2.39. The van der Waals surface area contributed by atoms with Gasteiger partial charge in [0.1, 0.15) is 17.9 Å². The number of carboxylic acid groups (broad SMARTS) is 1. The highest BCUT2D eigenvalue weighted by molar-refractivity contribution is 5.93. The lowest BCUT2D eigenvalue weighted by molar-refractivity contribution is -0.140. The summed E-state index contributed by atoms with van der Waals surface area (Å²) in [5.41, 5.74) is 4.68. The lowest BCUT2D eigenvalue weighted by Crippen LogP contribution is -2.45. The van der Waals surface area contributed by atoms with E-state index in [9.17, 15) is 18.8 Å². The number of aliphatic carboxylic acids is 1. The van der Waals surface area contributed by atoms with Crippen molar-refractivity contribution >= 4 is 23.6 Å². The molecular formula is C12H11FN4O4. The molecule has 1 atom stereocenters. The maximum Gasteiger partial charge on any atom is 0.326 e. The first-order valence-corrected chi connectivity index (χ1v) is 5.61. The van der Waals surface area contributed by atoms with E-state index in [-0.39, 0.29) is 11.3 Å². The molecule has 21 heavy (non-hydrogen) atoms. The van der Waals surface area contributed by atoms with Crippen LogP contribution in [0, 0.1) is 17.1 Å². The van der Waals surface area contributed by atoms with Crippen molar-refractivity contribution in [1.82, 2.24) is 5.32 Å². The lowest BCUT2D eigenvalue weighted by atomic mass is 10.2. The number of carbonyl (C=O) groups excluding carboxylic acids is 2. The molecule has 1 aromatic carbocycles. The lowest BCUT2D eigenvalue weighted by Gasteiger charge is -2.13. The highest BCUT2D eigenvalue weighted by atomic mass is 19.1. The summed E-state index contributed by atoms with van der Waals surface area (Å²) >= 11 is 0. The molecule has 1 aromatic rings. The van der Waals surface area contributed by atoms with Crippen molar-refractivity contribution in [3.8, 4) is 6.07 Å². The number of nitrogens with one attached hydrogen (secondary N) is 2. The van der Waals surface area contributed by atoms with Gasteiger partial charge in [0.2, 0.25) is 5.91 Å². The number of nitrogens with two attached hydrogens (primary N) is 1. The number of carboxylic acids is 1. The summed E-state index contributed by atoms with van der Waals surface area (Å²) in [6, 6.07) is 2.43. The molecule has 8 nitrogen and oxygen atoms in total. The van der Waals surface area contributed by atoms with Crippen LogP contribution in [0.1, 0.15) is 12.0 Å². The predicted molar refractivity (Wildman–Crippen MR) is 68.5 cm³/mol. The third kappa shape index (κ3) is 4.79. The Labute approximate surface area is 118 Å². The Morgan fingerprint density at radius 3 is 2.62 bits per heavy atom. The van der Waals surface area contributed by atoms with E-state index < -0.39 is 36.2 Å². The average molecular weight is 294 g/mol. The van der Waals surface area contributed by atoms with Gasteiger partial charge >= 0.3 is 12.0 Å². The molecular weight excluding hydrogens is 283 g/mol. The number of benzene rings is 1. The summed E-state index contributed by atoms with van der Waals surface area (Å²) in [6.07, 6.45) is -0.574. The molecule has 3 amide bonds.